The van der Waals surface area contributed by atoms with Gasteiger partial charge in [-0.2, -0.15) is 0 Å². The Morgan fingerprint density at radius 1 is 1.07 bits per heavy atom. The average molecular weight is 371 g/mol. The first-order chi connectivity index (χ1) is 13.1. The molecule has 7 heteroatoms. The van der Waals surface area contributed by atoms with Gasteiger partial charge in [0.05, 0.1) is 0 Å². The molecule has 3 heterocycles. The van der Waals surface area contributed by atoms with Crippen molar-refractivity contribution >= 4 is 11.7 Å². The van der Waals surface area contributed by atoms with Crippen LogP contribution in [-0.2, 0) is 0 Å². The van der Waals surface area contributed by atoms with Gasteiger partial charge in [-0.3, -0.25) is 14.1 Å². The molecule has 1 N–H and O–H groups in total. The van der Waals surface area contributed by atoms with E-state index in [4.69, 9.17) is 0 Å². The maximum atomic E-state index is 12.9. The van der Waals surface area contributed by atoms with Crippen molar-refractivity contribution in [3.63, 3.8) is 0 Å². The average Bonchev–Trinajstić information content (AvgIpc) is 2.89. The number of aromatic nitrogens is 4. The minimum absolute atomic E-state index is 0.149. The highest BCUT2D eigenvalue weighted by Crippen LogP contribution is 2.24. The number of hydrogen-bond donors (Lipinski definition) is 1. The van der Waals surface area contributed by atoms with Gasteiger partial charge in [0.1, 0.15) is 0 Å². The maximum absolute atomic E-state index is 12.9. The molecule has 1 aliphatic carbocycles. The summed E-state index contributed by atoms with van der Waals surface area (Å²) in [4.78, 5) is 19.9. The summed E-state index contributed by atoms with van der Waals surface area (Å²) in [5, 5.41) is 11.4. The summed E-state index contributed by atoms with van der Waals surface area (Å²) < 4.78 is 1.74. The van der Waals surface area contributed by atoms with Crippen molar-refractivity contribution in [2.75, 3.05) is 13.1 Å². The largest absolute Gasteiger partial charge is 0.345 e. The van der Waals surface area contributed by atoms with Crippen LogP contribution >= 0.6 is 0 Å². The quantitative estimate of drug-likeness (QED) is 0.841. The summed E-state index contributed by atoms with van der Waals surface area (Å²) in [7, 11) is 0. The lowest BCUT2D eigenvalue weighted by Crippen LogP contribution is -2.51. The molecule has 4 rings (SSSR count). The number of aryl methyl sites for hydroxylation is 2. The van der Waals surface area contributed by atoms with Crippen molar-refractivity contribution in [1.82, 2.24) is 29.8 Å². The summed E-state index contributed by atoms with van der Waals surface area (Å²) in [6.45, 7) is 5.98. The zero-order chi connectivity index (χ0) is 18.8. The molecule has 2 fully saturated rings. The van der Waals surface area contributed by atoms with E-state index in [-0.39, 0.29) is 11.9 Å². The number of nitrogens with one attached hydrogen (secondary N) is 1. The second-order valence-electron chi connectivity index (χ2n) is 8.15. The van der Waals surface area contributed by atoms with Gasteiger partial charge in [-0.15, -0.1) is 10.2 Å². The van der Waals surface area contributed by atoms with Crippen molar-refractivity contribution in [3.05, 3.63) is 23.3 Å². The number of nitrogens with zero attached hydrogens (tertiary/aromatic N) is 5. The highest BCUT2D eigenvalue weighted by atomic mass is 16.2. The Balaban J connectivity index is 1.45. The van der Waals surface area contributed by atoms with Crippen LogP contribution in [0, 0.1) is 13.8 Å². The SMILES string of the molecule is Cc1cc(C)n2c(C(=O)N[C@H]3CCCN(C4CCCCCC4)C3)nnc2n1. The van der Waals surface area contributed by atoms with Crippen LogP contribution in [0.3, 0.4) is 0 Å². The van der Waals surface area contributed by atoms with Crippen molar-refractivity contribution in [3.8, 4) is 0 Å². The molecule has 1 atom stereocenters. The molecular formula is C20H30N6O. The molecular weight excluding hydrogens is 340 g/mol. The monoisotopic (exact) mass is 370 g/mol. The summed E-state index contributed by atoms with van der Waals surface area (Å²) in [6, 6.07) is 2.82. The first-order valence-corrected chi connectivity index (χ1v) is 10.4. The van der Waals surface area contributed by atoms with Crippen LogP contribution in [0.5, 0.6) is 0 Å². The normalized spacial score (nSPS) is 22.7. The van der Waals surface area contributed by atoms with E-state index in [2.05, 4.69) is 25.4 Å². The van der Waals surface area contributed by atoms with Crippen molar-refractivity contribution in [2.24, 2.45) is 0 Å². The van der Waals surface area contributed by atoms with E-state index in [9.17, 15) is 4.79 Å². The van der Waals surface area contributed by atoms with Gasteiger partial charge in [0.2, 0.25) is 5.82 Å². The minimum atomic E-state index is -0.149. The Labute approximate surface area is 160 Å². The molecule has 1 saturated carbocycles. The van der Waals surface area contributed by atoms with Crippen LogP contribution < -0.4 is 5.32 Å². The van der Waals surface area contributed by atoms with E-state index in [0.29, 0.717) is 17.6 Å². The summed E-state index contributed by atoms with van der Waals surface area (Å²) in [5.74, 6) is 0.673. The number of rotatable bonds is 3. The van der Waals surface area contributed by atoms with Gasteiger partial charge in [0, 0.05) is 30.0 Å². The smallest absolute Gasteiger partial charge is 0.289 e. The molecule has 0 spiro atoms. The van der Waals surface area contributed by atoms with Crippen molar-refractivity contribution in [2.45, 2.75) is 77.3 Å². The Kier molecular flexibility index (Phi) is 5.38. The van der Waals surface area contributed by atoms with E-state index < -0.39 is 0 Å². The summed E-state index contributed by atoms with van der Waals surface area (Å²) in [6.07, 6.45) is 10.2. The van der Waals surface area contributed by atoms with Gasteiger partial charge in [-0.05, 0) is 52.1 Å². The molecule has 0 aromatic carbocycles. The van der Waals surface area contributed by atoms with E-state index in [1.807, 2.05) is 19.9 Å². The lowest BCUT2D eigenvalue weighted by molar-refractivity contribution is 0.0849. The molecule has 1 amide bonds. The van der Waals surface area contributed by atoms with E-state index in [0.717, 1.165) is 37.3 Å². The Morgan fingerprint density at radius 3 is 2.63 bits per heavy atom. The third kappa shape index (κ3) is 3.98. The predicted molar refractivity (Wildman–Crippen MR) is 104 cm³/mol. The number of likely N-dealkylation sites (tertiary alicyclic amines) is 1. The summed E-state index contributed by atoms with van der Waals surface area (Å²) >= 11 is 0. The number of carbonyl (C=O) groups excluding carboxylic acids is 1. The van der Waals surface area contributed by atoms with Gasteiger partial charge < -0.3 is 5.32 Å². The zero-order valence-electron chi connectivity index (χ0n) is 16.4. The van der Waals surface area contributed by atoms with Gasteiger partial charge in [0.15, 0.2) is 0 Å². The predicted octanol–water partition coefficient (Wildman–Crippen LogP) is 2.66. The Morgan fingerprint density at radius 2 is 1.85 bits per heavy atom. The molecule has 1 saturated heterocycles. The molecule has 2 aromatic heterocycles. The highest BCUT2D eigenvalue weighted by molar-refractivity contribution is 5.91. The molecule has 27 heavy (non-hydrogen) atoms. The van der Waals surface area contributed by atoms with Gasteiger partial charge in [-0.1, -0.05) is 25.7 Å². The number of hydrogen-bond acceptors (Lipinski definition) is 5. The fraction of sp³-hybridized carbons (Fsp3) is 0.700. The van der Waals surface area contributed by atoms with Gasteiger partial charge in [0.25, 0.3) is 11.7 Å². The molecule has 7 nitrogen and oxygen atoms in total. The van der Waals surface area contributed by atoms with Crippen LogP contribution in [0.2, 0.25) is 0 Å². The maximum Gasteiger partial charge on any atom is 0.289 e. The zero-order valence-corrected chi connectivity index (χ0v) is 16.4. The topological polar surface area (TPSA) is 75.4 Å². The Hall–Kier alpha value is -2.02. The lowest BCUT2D eigenvalue weighted by atomic mass is 10.00. The van der Waals surface area contributed by atoms with Gasteiger partial charge in [-0.25, -0.2) is 4.98 Å². The highest BCUT2D eigenvalue weighted by Gasteiger charge is 2.28. The van der Waals surface area contributed by atoms with Gasteiger partial charge >= 0.3 is 0 Å². The number of carbonyl (C=O) groups is 1. The van der Waals surface area contributed by atoms with E-state index >= 15 is 0 Å². The van der Waals surface area contributed by atoms with Crippen molar-refractivity contribution in [1.29, 1.82) is 0 Å². The second-order valence-corrected chi connectivity index (χ2v) is 8.15. The van der Waals surface area contributed by atoms with Crippen molar-refractivity contribution < 1.29 is 4.79 Å². The third-order valence-electron chi connectivity index (χ3n) is 6.03. The molecule has 0 radical (unpaired) electrons. The number of piperidine rings is 1. The van der Waals surface area contributed by atoms with Crippen LogP contribution in [0.4, 0.5) is 0 Å². The number of amides is 1. The van der Waals surface area contributed by atoms with Crippen LogP contribution in [0.15, 0.2) is 6.07 Å². The summed E-state index contributed by atoms with van der Waals surface area (Å²) in [5.41, 5.74) is 1.81. The standard InChI is InChI=1S/C20H30N6O/c1-14-12-15(2)26-18(23-24-20(26)21-14)19(27)22-16-8-7-11-25(13-16)17-9-5-3-4-6-10-17/h12,16-17H,3-11,13H2,1-2H3,(H,22,27)/t16-/m0/s1. The molecule has 1 aliphatic heterocycles. The molecule has 0 bridgehead atoms. The number of fused-ring (bicyclic) bond motifs is 1. The fourth-order valence-electron chi connectivity index (χ4n) is 4.71. The van der Waals surface area contributed by atoms with E-state index in [1.54, 1.807) is 4.40 Å². The second kappa shape index (κ2) is 7.92. The molecule has 2 aromatic rings. The van der Waals surface area contributed by atoms with E-state index in [1.165, 1.54) is 38.5 Å². The molecule has 146 valence electrons. The van der Waals surface area contributed by atoms with Crippen LogP contribution in [0.1, 0.15) is 73.4 Å². The first-order valence-electron chi connectivity index (χ1n) is 10.4. The Bertz CT molecular complexity index is 808. The van der Waals surface area contributed by atoms with Crippen LogP contribution in [0.25, 0.3) is 5.78 Å². The molecule has 0 unspecified atom stereocenters. The van der Waals surface area contributed by atoms with Crippen LogP contribution in [-0.4, -0.2) is 55.6 Å². The fourth-order valence-corrected chi connectivity index (χ4v) is 4.71. The lowest BCUT2D eigenvalue weighted by Gasteiger charge is -2.38. The molecule has 2 aliphatic rings. The minimum Gasteiger partial charge on any atom is -0.345 e. The third-order valence-corrected chi connectivity index (χ3v) is 6.03. The first kappa shape index (κ1) is 18.3.